The number of aryl methyl sites for hydroxylation is 1. The molecule has 3 aromatic carbocycles. The van der Waals surface area contributed by atoms with Crippen LogP contribution in [0.1, 0.15) is 22.9 Å². The van der Waals surface area contributed by atoms with Gasteiger partial charge in [-0.15, -0.1) is 0 Å². The molecule has 4 aromatic rings. The number of aldehydes is 1. The van der Waals surface area contributed by atoms with E-state index in [9.17, 15) is 9.59 Å². The molecule has 0 spiro atoms. The number of likely N-dealkylation sites (N-methyl/N-ethyl adjacent to an activating group) is 1. The predicted molar refractivity (Wildman–Crippen MR) is 147 cm³/mol. The number of rotatable bonds is 11. The van der Waals surface area contributed by atoms with Gasteiger partial charge < -0.3 is 24.2 Å². The first-order valence-corrected chi connectivity index (χ1v) is 12.1. The van der Waals surface area contributed by atoms with Gasteiger partial charge in [0.1, 0.15) is 17.8 Å². The molecule has 7 nitrogen and oxygen atoms in total. The van der Waals surface area contributed by atoms with Crippen molar-refractivity contribution in [1.29, 1.82) is 0 Å². The summed E-state index contributed by atoms with van der Waals surface area (Å²) < 4.78 is 10.4. The summed E-state index contributed by atoms with van der Waals surface area (Å²) in [5, 5.41) is 1.20. The lowest BCUT2D eigenvalue weighted by Crippen LogP contribution is -2.36. The van der Waals surface area contributed by atoms with E-state index in [-0.39, 0.29) is 12.6 Å². The number of fused-ring (bicyclic) bond motifs is 1. The summed E-state index contributed by atoms with van der Waals surface area (Å²) in [6.45, 7) is 3.30. The molecule has 37 heavy (non-hydrogen) atoms. The zero-order valence-corrected chi connectivity index (χ0v) is 21.9. The number of aromatic amines is 1. The number of nitrogens with zero attached hydrogens (tertiary/aromatic N) is 2. The Bertz CT molecular complexity index is 1270. The number of nitrogens with one attached hydrogen (secondary N) is 1. The minimum absolute atomic E-state index is 0.0162. The SMILES string of the molecule is COc1ccc2[nH]c(C)cc2c1.COc1cccc(CN(C)[C@H](CN(C=O)CC=O)c2ccccc2)c1. The largest absolute Gasteiger partial charge is 0.497 e. The van der Waals surface area contributed by atoms with Crippen LogP contribution >= 0.6 is 0 Å². The number of aromatic nitrogens is 1. The summed E-state index contributed by atoms with van der Waals surface area (Å²) in [4.78, 5) is 29.0. The summed E-state index contributed by atoms with van der Waals surface area (Å²) in [7, 11) is 5.35. The van der Waals surface area contributed by atoms with Crippen LogP contribution in [-0.4, -0.2) is 61.8 Å². The Kier molecular flexibility index (Phi) is 10.3. The number of carbonyl (C=O) groups excluding carboxylic acids is 2. The van der Waals surface area contributed by atoms with E-state index in [1.54, 1.807) is 14.2 Å². The van der Waals surface area contributed by atoms with Crippen LogP contribution < -0.4 is 9.47 Å². The molecule has 194 valence electrons. The monoisotopic (exact) mass is 501 g/mol. The molecule has 0 bridgehead atoms. The minimum atomic E-state index is -0.0162. The standard InChI is InChI=1S/C20H24N2O3.C10H11NO/c1-21(14-17-7-6-10-19(13-17)25-2)20(15-22(16-24)11-12-23)18-8-4-3-5-9-18;1-7-5-8-6-9(12-2)3-4-10(8)11-7/h3-10,12-13,16,20H,11,14-15H2,1-2H3;3-6,11H,1-2H3/t20-;/m1./s1. The number of ether oxygens (including phenoxy) is 2. The molecule has 7 heteroatoms. The maximum atomic E-state index is 11.3. The van der Waals surface area contributed by atoms with Crippen LogP contribution in [0, 0.1) is 6.92 Å². The Morgan fingerprint density at radius 3 is 2.30 bits per heavy atom. The zero-order chi connectivity index (χ0) is 26.6. The maximum absolute atomic E-state index is 11.3. The molecule has 0 saturated carbocycles. The van der Waals surface area contributed by atoms with E-state index in [4.69, 9.17) is 9.47 Å². The molecular formula is C30H35N3O4. The lowest BCUT2D eigenvalue weighted by Gasteiger charge is -2.31. The number of amides is 1. The fraction of sp³-hybridized carbons (Fsp3) is 0.267. The fourth-order valence-corrected chi connectivity index (χ4v) is 4.20. The molecule has 1 N–H and O–H groups in total. The van der Waals surface area contributed by atoms with Crippen molar-refractivity contribution in [3.8, 4) is 11.5 Å². The second-order valence-electron chi connectivity index (χ2n) is 8.82. The van der Waals surface area contributed by atoms with E-state index in [2.05, 4.69) is 16.0 Å². The van der Waals surface area contributed by atoms with Crippen LogP contribution in [0.15, 0.2) is 78.9 Å². The summed E-state index contributed by atoms with van der Waals surface area (Å²) in [5.74, 6) is 1.72. The summed E-state index contributed by atoms with van der Waals surface area (Å²) in [6.07, 6.45) is 1.47. The number of hydrogen-bond acceptors (Lipinski definition) is 5. The van der Waals surface area contributed by atoms with E-state index in [0.29, 0.717) is 13.1 Å². The Balaban J connectivity index is 0.000000262. The molecule has 0 fully saturated rings. The average Bonchev–Trinajstić information content (AvgIpc) is 3.31. The maximum Gasteiger partial charge on any atom is 0.210 e. The van der Waals surface area contributed by atoms with Crippen molar-refractivity contribution in [3.63, 3.8) is 0 Å². The zero-order valence-electron chi connectivity index (χ0n) is 21.9. The molecule has 0 saturated heterocycles. The molecule has 0 unspecified atom stereocenters. The Hall–Kier alpha value is -4.10. The molecule has 1 aromatic heterocycles. The lowest BCUT2D eigenvalue weighted by molar-refractivity contribution is -0.122. The van der Waals surface area contributed by atoms with Gasteiger partial charge in [-0.3, -0.25) is 9.69 Å². The highest BCUT2D eigenvalue weighted by Gasteiger charge is 2.20. The van der Waals surface area contributed by atoms with E-state index >= 15 is 0 Å². The van der Waals surface area contributed by atoms with Crippen molar-refractivity contribution in [2.75, 3.05) is 34.4 Å². The third-order valence-corrected chi connectivity index (χ3v) is 6.11. The van der Waals surface area contributed by atoms with Crippen LogP contribution in [0.4, 0.5) is 0 Å². The molecule has 1 atom stereocenters. The molecule has 1 heterocycles. The van der Waals surface area contributed by atoms with E-state index < -0.39 is 0 Å². The van der Waals surface area contributed by atoms with Crippen molar-refractivity contribution in [1.82, 2.24) is 14.8 Å². The topological polar surface area (TPSA) is 74.9 Å². The summed E-state index contributed by atoms with van der Waals surface area (Å²) in [5.41, 5.74) is 4.56. The molecule has 0 aliphatic carbocycles. The predicted octanol–water partition coefficient (Wildman–Crippen LogP) is 5.01. The van der Waals surface area contributed by atoms with Gasteiger partial charge in [-0.25, -0.2) is 0 Å². The van der Waals surface area contributed by atoms with Gasteiger partial charge >= 0.3 is 0 Å². The van der Waals surface area contributed by atoms with Crippen molar-refractivity contribution >= 4 is 23.6 Å². The van der Waals surface area contributed by atoms with E-state index in [1.165, 1.54) is 16.0 Å². The number of hydrogen-bond donors (Lipinski definition) is 1. The molecular weight excluding hydrogens is 466 g/mol. The molecule has 4 rings (SSSR count). The molecule has 0 aliphatic rings. The lowest BCUT2D eigenvalue weighted by atomic mass is 10.0. The van der Waals surface area contributed by atoms with Crippen LogP contribution in [0.5, 0.6) is 11.5 Å². The van der Waals surface area contributed by atoms with Gasteiger partial charge in [0.25, 0.3) is 0 Å². The Morgan fingerprint density at radius 1 is 0.892 bits per heavy atom. The first kappa shape index (κ1) is 27.5. The highest BCUT2D eigenvalue weighted by atomic mass is 16.5. The quantitative estimate of drug-likeness (QED) is 0.293. The first-order valence-electron chi connectivity index (χ1n) is 12.1. The fourth-order valence-electron chi connectivity index (χ4n) is 4.20. The number of methoxy groups -OCH3 is 2. The van der Waals surface area contributed by atoms with E-state index in [0.717, 1.165) is 40.8 Å². The Morgan fingerprint density at radius 2 is 1.62 bits per heavy atom. The molecule has 0 aliphatic heterocycles. The minimum Gasteiger partial charge on any atom is -0.497 e. The van der Waals surface area contributed by atoms with Gasteiger partial charge in [0.15, 0.2) is 0 Å². The van der Waals surface area contributed by atoms with E-state index in [1.807, 2.05) is 86.8 Å². The smallest absolute Gasteiger partial charge is 0.210 e. The van der Waals surface area contributed by atoms with Gasteiger partial charge in [-0.2, -0.15) is 0 Å². The van der Waals surface area contributed by atoms with Crippen LogP contribution in [-0.2, 0) is 16.1 Å². The van der Waals surface area contributed by atoms with Gasteiger partial charge in [-0.05, 0) is 61.5 Å². The number of carbonyl (C=O) groups is 2. The van der Waals surface area contributed by atoms with Crippen LogP contribution in [0.25, 0.3) is 10.9 Å². The van der Waals surface area contributed by atoms with Crippen molar-refractivity contribution in [2.45, 2.75) is 19.5 Å². The van der Waals surface area contributed by atoms with Crippen molar-refractivity contribution in [2.24, 2.45) is 0 Å². The third kappa shape index (κ3) is 7.95. The second kappa shape index (κ2) is 13.8. The van der Waals surface area contributed by atoms with Gasteiger partial charge in [0, 0.05) is 29.7 Å². The normalized spacial score (nSPS) is 11.4. The summed E-state index contributed by atoms with van der Waals surface area (Å²) >= 11 is 0. The average molecular weight is 502 g/mol. The number of H-pyrrole nitrogens is 1. The van der Waals surface area contributed by atoms with Crippen molar-refractivity contribution < 1.29 is 19.1 Å². The van der Waals surface area contributed by atoms with Gasteiger partial charge in [0.2, 0.25) is 6.41 Å². The Labute approximate surface area is 218 Å². The van der Waals surface area contributed by atoms with Gasteiger partial charge in [0.05, 0.1) is 26.8 Å². The molecule has 0 radical (unpaired) electrons. The second-order valence-corrected chi connectivity index (χ2v) is 8.82. The third-order valence-electron chi connectivity index (χ3n) is 6.11. The first-order chi connectivity index (χ1) is 18.0. The van der Waals surface area contributed by atoms with Crippen molar-refractivity contribution in [3.05, 3.63) is 95.7 Å². The van der Waals surface area contributed by atoms with Gasteiger partial charge in [-0.1, -0.05) is 42.5 Å². The summed E-state index contributed by atoms with van der Waals surface area (Å²) in [6, 6.07) is 26.0. The molecule has 1 amide bonds. The van der Waals surface area contributed by atoms with Crippen LogP contribution in [0.3, 0.4) is 0 Å². The highest BCUT2D eigenvalue weighted by molar-refractivity contribution is 5.81. The number of benzene rings is 3. The van der Waals surface area contributed by atoms with Crippen LogP contribution in [0.2, 0.25) is 0 Å². The highest BCUT2D eigenvalue weighted by Crippen LogP contribution is 2.24.